The minimum Gasteiger partial charge on any atom is -0.451 e. The monoisotopic (exact) mass is 303 g/mol. The summed E-state index contributed by atoms with van der Waals surface area (Å²) in [6.07, 6.45) is 4.69. The number of rotatable bonds is 5. The molecule has 1 amide bonds. The molecule has 1 atom stereocenters. The van der Waals surface area contributed by atoms with Crippen LogP contribution in [0.4, 0.5) is 4.79 Å². The molecule has 5 nitrogen and oxygen atoms in total. The van der Waals surface area contributed by atoms with Gasteiger partial charge in [-0.3, -0.25) is 0 Å². The van der Waals surface area contributed by atoms with E-state index in [4.69, 9.17) is 15.9 Å². The number of amides is 1. The van der Waals surface area contributed by atoms with E-state index in [-0.39, 0.29) is 6.61 Å². The van der Waals surface area contributed by atoms with Crippen LogP contribution in [0.1, 0.15) is 26.3 Å². The molecule has 5 heteroatoms. The third kappa shape index (κ3) is 6.80. The molecule has 0 saturated carbocycles. The minimum atomic E-state index is -0.856. The maximum absolute atomic E-state index is 12.0. The van der Waals surface area contributed by atoms with Crippen LogP contribution in [-0.2, 0) is 20.7 Å². The average Bonchev–Trinajstić information content (AvgIpc) is 2.43. The quantitative estimate of drug-likeness (QED) is 0.669. The standard InChI is InChI=1S/C17H21NO4/c1-5-11-21-15(19)14(12-13-9-7-6-8-10-13)18-16(20)22-17(2,3)4/h1,6-10,14H,11-12H2,2-4H3,(H,18,20)/t14-/m0/s1. The SMILES string of the molecule is C#CCOC(=O)[C@H](Cc1ccccc1)NC(=O)OC(C)(C)C. The molecule has 0 aliphatic rings. The molecule has 0 aliphatic carbocycles. The van der Waals surface area contributed by atoms with E-state index in [1.54, 1.807) is 20.8 Å². The molecule has 22 heavy (non-hydrogen) atoms. The van der Waals surface area contributed by atoms with E-state index in [2.05, 4.69) is 11.2 Å². The number of nitrogens with one attached hydrogen (secondary N) is 1. The Kier molecular flexibility index (Phi) is 6.46. The summed E-state index contributed by atoms with van der Waals surface area (Å²) in [7, 11) is 0. The van der Waals surface area contributed by atoms with E-state index in [0.29, 0.717) is 6.42 Å². The van der Waals surface area contributed by atoms with Gasteiger partial charge < -0.3 is 14.8 Å². The van der Waals surface area contributed by atoms with E-state index in [0.717, 1.165) is 5.56 Å². The summed E-state index contributed by atoms with van der Waals surface area (Å²) in [5.74, 6) is 1.63. The van der Waals surface area contributed by atoms with Gasteiger partial charge in [0.1, 0.15) is 11.6 Å². The average molecular weight is 303 g/mol. The van der Waals surface area contributed by atoms with Crippen molar-refractivity contribution >= 4 is 12.1 Å². The molecular weight excluding hydrogens is 282 g/mol. The molecule has 0 saturated heterocycles. The lowest BCUT2D eigenvalue weighted by molar-refractivity contribution is -0.144. The summed E-state index contributed by atoms with van der Waals surface area (Å²) in [5.41, 5.74) is 0.241. The van der Waals surface area contributed by atoms with Crippen LogP contribution in [0, 0.1) is 12.3 Å². The fourth-order valence-electron chi connectivity index (χ4n) is 1.71. The van der Waals surface area contributed by atoms with Gasteiger partial charge in [0.15, 0.2) is 6.61 Å². The van der Waals surface area contributed by atoms with Crippen molar-refractivity contribution in [1.29, 1.82) is 0 Å². The molecule has 0 aliphatic heterocycles. The molecule has 0 bridgehead atoms. The Hall–Kier alpha value is -2.48. The normalized spacial score (nSPS) is 11.9. The Morgan fingerprint density at radius 3 is 2.45 bits per heavy atom. The van der Waals surface area contributed by atoms with E-state index in [1.807, 2.05) is 30.3 Å². The first-order chi connectivity index (χ1) is 10.3. The van der Waals surface area contributed by atoms with Crippen molar-refractivity contribution < 1.29 is 19.1 Å². The van der Waals surface area contributed by atoms with Gasteiger partial charge in [-0.05, 0) is 26.3 Å². The van der Waals surface area contributed by atoms with Crippen molar-refractivity contribution in [2.24, 2.45) is 0 Å². The Labute approximate surface area is 131 Å². The van der Waals surface area contributed by atoms with Crippen LogP contribution in [0.2, 0.25) is 0 Å². The molecule has 118 valence electrons. The van der Waals surface area contributed by atoms with Gasteiger partial charge >= 0.3 is 12.1 Å². The summed E-state index contributed by atoms with van der Waals surface area (Å²) in [6.45, 7) is 5.10. The second-order valence-corrected chi connectivity index (χ2v) is 5.70. The molecule has 0 spiro atoms. The van der Waals surface area contributed by atoms with Gasteiger partial charge in [0.05, 0.1) is 0 Å². The van der Waals surface area contributed by atoms with Crippen molar-refractivity contribution in [1.82, 2.24) is 5.32 Å². The Morgan fingerprint density at radius 2 is 1.91 bits per heavy atom. The van der Waals surface area contributed by atoms with Gasteiger partial charge in [-0.2, -0.15) is 0 Å². The van der Waals surface area contributed by atoms with Gasteiger partial charge in [0.2, 0.25) is 0 Å². The molecule has 0 radical (unpaired) electrons. The third-order valence-electron chi connectivity index (χ3n) is 2.56. The first-order valence-corrected chi connectivity index (χ1v) is 6.95. The van der Waals surface area contributed by atoms with Crippen molar-refractivity contribution in [2.75, 3.05) is 6.61 Å². The van der Waals surface area contributed by atoms with Crippen LogP contribution in [0.15, 0.2) is 30.3 Å². The summed E-state index contributed by atoms with van der Waals surface area (Å²) in [6, 6.07) is 8.44. The maximum Gasteiger partial charge on any atom is 0.408 e. The van der Waals surface area contributed by atoms with Crippen LogP contribution >= 0.6 is 0 Å². The molecule has 0 aromatic heterocycles. The van der Waals surface area contributed by atoms with Crippen LogP contribution in [0.3, 0.4) is 0 Å². The van der Waals surface area contributed by atoms with Crippen molar-refractivity contribution in [3.8, 4) is 12.3 Å². The number of esters is 1. The largest absolute Gasteiger partial charge is 0.451 e. The third-order valence-corrected chi connectivity index (χ3v) is 2.56. The number of carbonyl (C=O) groups is 2. The molecule has 1 aromatic rings. The van der Waals surface area contributed by atoms with E-state index < -0.39 is 23.7 Å². The number of carbonyl (C=O) groups excluding carboxylic acids is 2. The van der Waals surface area contributed by atoms with Crippen LogP contribution < -0.4 is 5.32 Å². The van der Waals surface area contributed by atoms with Gasteiger partial charge in [0, 0.05) is 6.42 Å². The highest BCUT2D eigenvalue weighted by Gasteiger charge is 2.25. The van der Waals surface area contributed by atoms with Crippen LogP contribution in [-0.4, -0.2) is 30.3 Å². The fraction of sp³-hybridized carbons (Fsp3) is 0.412. The number of alkyl carbamates (subject to hydrolysis) is 1. The number of hydrogen-bond donors (Lipinski definition) is 1. The Morgan fingerprint density at radius 1 is 1.27 bits per heavy atom. The smallest absolute Gasteiger partial charge is 0.408 e. The zero-order chi connectivity index (χ0) is 16.6. The molecular formula is C17H21NO4. The van der Waals surface area contributed by atoms with Crippen molar-refractivity contribution in [2.45, 2.75) is 38.8 Å². The highest BCUT2D eigenvalue weighted by Crippen LogP contribution is 2.09. The van der Waals surface area contributed by atoms with Gasteiger partial charge in [0.25, 0.3) is 0 Å². The summed E-state index contributed by atoms with van der Waals surface area (Å²) < 4.78 is 10.1. The zero-order valence-electron chi connectivity index (χ0n) is 13.1. The first-order valence-electron chi connectivity index (χ1n) is 6.95. The lowest BCUT2D eigenvalue weighted by atomic mass is 10.1. The van der Waals surface area contributed by atoms with Crippen LogP contribution in [0.5, 0.6) is 0 Å². The number of terminal acetylenes is 1. The molecule has 1 N–H and O–H groups in total. The number of benzene rings is 1. The van der Waals surface area contributed by atoms with E-state index >= 15 is 0 Å². The maximum atomic E-state index is 12.0. The Balaban J connectivity index is 2.76. The van der Waals surface area contributed by atoms with Crippen molar-refractivity contribution in [3.05, 3.63) is 35.9 Å². The minimum absolute atomic E-state index is 0.139. The van der Waals surface area contributed by atoms with Crippen molar-refractivity contribution in [3.63, 3.8) is 0 Å². The highest BCUT2D eigenvalue weighted by atomic mass is 16.6. The topological polar surface area (TPSA) is 64.6 Å². The number of hydrogen-bond acceptors (Lipinski definition) is 4. The van der Waals surface area contributed by atoms with Gasteiger partial charge in [-0.1, -0.05) is 36.3 Å². The lowest BCUT2D eigenvalue weighted by Gasteiger charge is -2.22. The van der Waals surface area contributed by atoms with Gasteiger partial charge in [-0.15, -0.1) is 6.42 Å². The summed E-state index contributed by atoms with van der Waals surface area (Å²) in [4.78, 5) is 23.9. The molecule has 0 heterocycles. The molecule has 1 rings (SSSR count). The number of ether oxygens (including phenoxy) is 2. The second kappa shape index (κ2) is 8.08. The van der Waals surface area contributed by atoms with Gasteiger partial charge in [-0.25, -0.2) is 9.59 Å². The van der Waals surface area contributed by atoms with Crippen LogP contribution in [0.25, 0.3) is 0 Å². The lowest BCUT2D eigenvalue weighted by Crippen LogP contribution is -2.45. The first kappa shape index (κ1) is 17.6. The Bertz CT molecular complexity index is 540. The second-order valence-electron chi connectivity index (χ2n) is 5.70. The summed E-state index contributed by atoms with van der Waals surface area (Å²) >= 11 is 0. The predicted octanol–water partition coefficient (Wildman–Crippen LogP) is 2.30. The zero-order valence-corrected chi connectivity index (χ0v) is 13.1. The van der Waals surface area contributed by atoms with E-state index in [9.17, 15) is 9.59 Å². The summed E-state index contributed by atoms with van der Waals surface area (Å²) in [5, 5.41) is 2.53. The molecule has 1 aromatic carbocycles. The van der Waals surface area contributed by atoms with E-state index in [1.165, 1.54) is 0 Å². The highest BCUT2D eigenvalue weighted by molar-refractivity contribution is 5.81. The molecule has 0 fully saturated rings. The predicted molar refractivity (Wildman–Crippen MR) is 83.1 cm³/mol. The fourth-order valence-corrected chi connectivity index (χ4v) is 1.71. The molecule has 0 unspecified atom stereocenters.